The van der Waals surface area contributed by atoms with E-state index in [0.29, 0.717) is 0 Å². The maximum atomic E-state index is 4.48. The average Bonchev–Trinajstić information content (AvgIpc) is 2.64. The normalized spacial score (nSPS) is 21.6. The summed E-state index contributed by atoms with van der Waals surface area (Å²) in [5.74, 6) is 0.835. The van der Waals surface area contributed by atoms with Gasteiger partial charge in [-0.05, 0) is 25.8 Å². The van der Waals surface area contributed by atoms with Crippen molar-refractivity contribution in [1.29, 1.82) is 0 Å². The second kappa shape index (κ2) is 6.69. The first kappa shape index (κ1) is 13.3. The average molecular weight is 248 g/mol. The molecule has 0 spiro atoms. The molecule has 2 rings (SSSR count). The lowest BCUT2D eigenvalue weighted by atomic mass is 10.1. The van der Waals surface area contributed by atoms with Crippen molar-refractivity contribution in [2.75, 3.05) is 18.9 Å². The maximum absolute atomic E-state index is 4.48. The molecule has 1 aliphatic rings. The number of rotatable bonds is 4. The van der Waals surface area contributed by atoms with E-state index in [2.05, 4.69) is 27.1 Å². The molecule has 2 heterocycles. The second-order valence-electron chi connectivity index (χ2n) is 5.02. The van der Waals surface area contributed by atoms with Crippen LogP contribution in [0.1, 0.15) is 44.7 Å². The highest BCUT2D eigenvalue weighted by Gasteiger charge is 2.19. The Morgan fingerprint density at radius 2 is 2.17 bits per heavy atom. The summed E-state index contributed by atoms with van der Waals surface area (Å²) in [4.78, 5) is 11.4. The highest BCUT2D eigenvalue weighted by Crippen LogP contribution is 2.20. The van der Waals surface area contributed by atoms with Gasteiger partial charge in [0.25, 0.3) is 0 Å². The summed E-state index contributed by atoms with van der Waals surface area (Å²) in [5, 5.41) is 3.00. The minimum absolute atomic E-state index is 0.721. The Morgan fingerprint density at radius 1 is 1.28 bits per heavy atom. The van der Waals surface area contributed by atoms with E-state index < -0.39 is 0 Å². The number of hydrogen-bond acceptors (Lipinski definition) is 4. The zero-order valence-corrected chi connectivity index (χ0v) is 11.5. The van der Waals surface area contributed by atoms with E-state index in [-0.39, 0.29) is 0 Å². The first-order valence-electron chi connectivity index (χ1n) is 7.06. The minimum atomic E-state index is 0.721. The van der Waals surface area contributed by atoms with Crippen molar-refractivity contribution in [3.8, 4) is 0 Å². The van der Waals surface area contributed by atoms with Crippen LogP contribution in [0.2, 0.25) is 0 Å². The molecule has 1 unspecified atom stereocenters. The van der Waals surface area contributed by atoms with Crippen molar-refractivity contribution < 1.29 is 0 Å². The van der Waals surface area contributed by atoms with Crippen molar-refractivity contribution in [3.05, 3.63) is 18.1 Å². The number of nitrogens with zero attached hydrogens (tertiary/aromatic N) is 3. The summed E-state index contributed by atoms with van der Waals surface area (Å²) in [6.45, 7) is 4.43. The fourth-order valence-electron chi connectivity index (χ4n) is 2.68. The molecule has 100 valence electrons. The quantitative estimate of drug-likeness (QED) is 0.889. The van der Waals surface area contributed by atoms with E-state index in [1.165, 1.54) is 38.6 Å². The lowest BCUT2D eigenvalue weighted by Crippen LogP contribution is -2.34. The molecule has 0 radical (unpaired) electrons. The van der Waals surface area contributed by atoms with Gasteiger partial charge in [0, 0.05) is 19.6 Å². The van der Waals surface area contributed by atoms with E-state index in [1.807, 2.05) is 19.4 Å². The molecule has 18 heavy (non-hydrogen) atoms. The van der Waals surface area contributed by atoms with Gasteiger partial charge in [-0.1, -0.05) is 19.8 Å². The topological polar surface area (TPSA) is 41.1 Å². The Labute approximate surface area is 110 Å². The first-order chi connectivity index (χ1) is 8.83. The largest absolute Gasteiger partial charge is 0.372 e. The molecule has 1 atom stereocenters. The fourth-order valence-corrected chi connectivity index (χ4v) is 2.68. The smallest absolute Gasteiger partial charge is 0.144 e. The van der Waals surface area contributed by atoms with Crippen LogP contribution in [0.5, 0.6) is 0 Å². The molecule has 0 aromatic carbocycles. The van der Waals surface area contributed by atoms with Gasteiger partial charge in [0.05, 0.1) is 18.1 Å². The molecule has 1 saturated heterocycles. The van der Waals surface area contributed by atoms with E-state index in [0.717, 1.165) is 24.1 Å². The Morgan fingerprint density at radius 3 is 2.83 bits per heavy atom. The summed E-state index contributed by atoms with van der Waals surface area (Å²) in [6.07, 6.45) is 10.3. The van der Waals surface area contributed by atoms with Gasteiger partial charge in [-0.2, -0.15) is 0 Å². The third kappa shape index (κ3) is 3.42. The van der Waals surface area contributed by atoms with Crippen LogP contribution >= 0.6 is 0 Å². The van der Waals surface area contributed by atoms with Crippen LogP contribution in [0, 0.1) is 0 Å². The lowest BCUT2D eigenvalue weighted by Gasteiger charge is -2.28. The molecule has 0 aliphatic carbocycles. The SMILES string of the molecule is CCC1CCCCCN1Cc1cnc(NC)cn1. The first-order valence-corrected chi connectivity index (χ1v) is 7.06. The molecule has 1 N–H and O–H groups in total. The molecule has 0 bridgehead atoms. The van der Waals surface area contributed by atoms with Crippen molar-refractivity contribution in [1.82, 2.24) is 14.9 Å². The van der Waals surface area contributed by atoms with Gasteiger partial charge >= 0.3 is 0 Å². The van der Waals surface area contributed by atoms with Crippen molar-refractivity contribution in [3.63, 3.8) is 0 Å². The van der Waals surface area contributed by atoms with Crippen molar-refractivity contribution in [2.24, 2.45) is 0 Å². The Bertz CT molecular complexity index is 349. The summed E-state index contributed by atoms with van der Waals surface area (Å²) >= 11 is 0. The van der Waals surface area contributed by atoms with Crippen LogP contribution in [0.3, 0.4) is 0 Å². The lowest BCUT2D eigenvalue weighted by molar-refractivity contribution is 0.184. The molecule has 1 aromatic heterocycles. The van der Waals surface area contributed by atoms with Crippen LogP contribution < -0.4 is 5.32 Å². The number of likely N-dealkylation sites (tertiary alicyclic amines) is 1. The van der Waals surface area contributed by atoms with Crippen molar-refractivity contribution >= 4 is 5.82 Å². The van der Waals surface area contributed by atoms with E-state index in [4.69, 9.17) is 0 Å². The predicted molar refractivity (Wildman–Crippen MR) is 74.5 cm³/mol. The molecular formula is C14H24N4. The van der Waals surface area contributed by atoms with Crippen LogP contribution in [-0.4, -0.2) is 34.5 Å². The molecule has 4 heteroatoms. The Kier molecular flexibility index (Phi) is 4.93. The Hall–Kier alpha value is -1.16. The van der Waals surface area contributed by atoms with Crippen LogP contribution in [0.25, 0.3) is 0 Å². The maximum Gasteiger partial charge on any atom is 0.144 e. The van der Waals surface area contributed by atoms with Gasteiger partial charge < -0.3 is 5.32 Å². The number of anilines is 1. The van der Waals surface area contributed by atoms with Gasteiger partial charge in [0.15, 0.2) is 0 Å². The summed E-state index contributed by atoms with van der Waals surface area (Å²) in [6, 6.07) is 0.721. The van der Waals surface area contributed by atoms with E-state index in [1.54, 1.807) is 0 Å². The number of nitrogens with one attached hydrogen (secondary N) is 1. The Balaban J connectivity index is 2.00. The van der Waals surface area contributed by atoms with Gasteiger partial charge in [-0.25, -0.2) is 4.98 Å². The highest BCUT2D eigenvalue weighted by atomic mass is 15.2. The van der Waals surface area contributed by atoms with Gasteiger partial charge in [-0.15, -0.1) is 0 Å². The van der Waals surface area contributed by atoms with Crippen LogP contribution in [-0.2, 0) is 6.54 Å². The van der Waals surface area contributed by atoms with E-state index >= 15 is 0 Å². The summed E-state index contributed by atoms with van der Waals surface area (Å²) < 4.78 is 0. The molecular weight excluding hydrogens is 224 g/mol. The third-order valence-corrected chi connectivity index (χ3v) is 3.80. The predicted octanol–water partition coefficient (Wildman–Crippen LogP) is 2.67. The van der Waals surface area contributed by atoms with Crippen molar-refractivity contribution in [2.45, 2.75) is 51.6 Å². The number of hydrogen-bond donors (Lipinski definition) is 1. The standard InChI is InChI=1S/C14H24N4/c1-3-13-7-5-4-6-8-18(13)11-12-9-17-14(15-2)10-16-12/h9-10,13H,3-8,11H2,1-2H3,(H,15,17). The monoisotopic (exact) mass is 248 g/mol. The molecule has 0 amide bonds. The fraction of sp³-hybridized carbons (Fsp3) is 0.714. The zero-order chi connectivity index (χ0) is 12.8. The van der Waals surface area contributed by atoms with Crippen LogP contribution in [0.15, 0.2) is 12.4 Å². The zero-order valence-electron chi connectivity index (χ0n) is 11.5. The molecule has 4 nitrogen and oxygen atoms in total. The molecule has 1 aliphatic heterocycles. The minimum Gasteiger partial charge on any atom is -0.372 e. The number of aromatic nitrogens is 2. The third-order valence-electron chi connectivity index (χ3n) is 3.80. The van der Waals surface area contributed by atoms with Gasteiger partial charge in [0.2, 0.25) is 0 Å². The highest BCUT2D eigenvalue weighted by molar-refractivity contribution is 5.29. The second-order valence-corrected chi connectivity index (χ2v) is 5.02. The summed E-state index contributed by atoms with van der Waals surface area (Å²) in [5.41, 5.74) is 1.08. The summed E-state index contributed by atoms with van der Waals surface area (Å²) in [7, 11) is 1.87. The van der Waals surface area contributed by atoms with Crippen LogP contribution in [0.4, 0.5) is 5.82 Å². The van der Waals surface area contributed by atoms with E-state index in [9.17, 15) is 0 Å². The van der Waals surface area contributed by atoms with Gasteiger partial charge in [-0.3, -0.25) is 9.88 Å². The molecule has 1 aromatic rings. The molecule has 1 fully saturated rings. The molecule has 0 saturated carbocycles. The van der Waals surface area contributed by atoms with Gasteiger partial charge in [0.1, 0.15) is 5.82 Å².